The van der Waals surface area contributed by atoms with E-state index in [0.29, 0.717) is 0 Å². The van der Waals surface area contributed by atoms with E-state index in [9.17, 15) is 30.0 Å². The Kier molecular flexibility index (Phi) is 37.3. The number of allylic oxidation sites excluding steroid dienone is 2. The number of unbranched alkanes of at least 4 members (excludes halogenated alkanes) is 24. The van der Waals surface area contributed by atoms with Crippen LogP contribution in [0, 0.1) is 0 Å². The third kappa shape index (κ3) is 32.5. The number of quaternary nitrogens is 1. The lowest BCUT2D eigenvalue weighted by Gasteiger charge is -2.25. The Balaban J connectivity index is 0. The Morgan fingerprint density at radius 3 is 1.21 bits per heavy atom. The summed E-state index contributed by atoms with van der Waals surface area (Å²) in [6, 6.07) is 0. The van der Waals surface area contributed by atoms with Gasteiger partial charge in [0.2, 0.25) is 0 Å². The smallest absolute Gasteiger partial charge is 0.255 e. The molecule has 0 saturated heterocycles. The minimum atomic E-state index is -2.41. The maximum absolute atomic E-state index is 11.7. The van der Waals surface area contributed by atoms with Crippen molar-refractivity contribution in [1.82, 2.24) is 5.32 Å². The number of carbonyl (C=O) groups excluding carboxylic acids is 2. The molecule has 0 aromatic carbocycles. The van der Waals surface area contributed by atoms with E-state index in [2.05, 4.69) is 31.0 Å². The molecule has 9 heteroatoms. The maximum Gasteiger partial charge on any atom is 0.255 e. The summed E-state index contributed by atoms with van der Waals surface area (Å²) in [5, 5.41) is 50.4. The van der Waals surface area contributed by atoms with Gasteiger partial charge in [-0.05, 0) is 38.0 Å². The molecule has 0 heterocycles. The van der Waals surface area contributed by atoms with E-state index in [4.69, 9.17) is 5.11 Å². The zero-order chi connectivity index (χ0) is 35.4. The molecular formula is C38H74N2O7. The molecule has 8 N–H and O–H groups in total. The molecule has 0 aliphatic rings. The number of aliphatic carboxylic acids is 1. The van der Waals surface area contributed by atoms with Crippen LogP contribution in [0.25, 0.3) is 0 Å². The zero-order valence-corrected chi connectivity index (χ0v) is 30.2. The molecular weight excluding hydrogens is 596 g/mol. The molecule has 0 bridgehead atoms. The molecule has 0 saturated carbocycles. The number of carbonyl (C=O) groups is 2. The third-order valence-electron chi connectivity index (χ3n) is 8.47. The number of hydrogen-bond donors (Lipinski definition) is 6. The lowest BCUT2D eigenvalue weighted by molar-refractivity contribution is -0.320. The maximum atomic E-state index is 11.7. The SMILES string of the molecule is CCCCCCCCCCCCCCC=CNC(=O)[C@@H](O)[C@H](O)[C@@H](O)[C@@H](O)C(=O)[O-].CCCCCCCCCCCCCCC=C[NH3+]. The van der Waals surface area contributed by atoms with E-state index in [0.717, 1.165) is 19.3 Å². The molecule has 47 heavy (non-hydrogen) atoms. The van der Waals surface area contributed by atoms with Gasteiger partial charge in [-0.3, -0.25) is 4.79 Å². The standard InChI is InChI=1S/C22H41NO7.C16H33N/c1-2-3-4-5-6-7-8-9-10-11-12-13-14-15-16-23-21(28)19(26)17(24)18(25)20(27)22(29)30;1-2-3-4-5-6-7-8-9-10-11-12-13-14-15-16-17/h15-20,24-27H,2-14H2,1H3,(H,23,28)(H,29,30);15-16H,2-14,17H2,1H3/t17-,18-,19+,20-;/m1./s1. The number of hydrogen-bond acceptors (Lipinski definition) is 7. The summed E-state index contributed by atoms with van der Waals surface area (Å²) in [7, 11) is 0. The lowest BCUT2D eigenvalue weighted by atomic mass is 10.0. The molecule has 278 valence electrons. The summed E-state index contributed by atoms with van der Waals surface area (Å²) in [5.41, 5.74) is 3.70. The van der Waals surface area contributed by atoms with Crippen LogP contribution < -0.4 is 16.2 Å². The lowest BCUT2D eigenvalue weighted by Crippen LogP contribution is -2.54. The number of rotatable bonds is 32. The summed E-state index contributed by atoms with van der Waals surface area (Å²) >= 11 is 0. The molecule has 4 atom stereocenters. The topological polar surface area (TPSA) is 178 Å². The summed E-state index contributed by atoms with van der Waals surface area (Å²) in [6.45, 7) is 4.51. The van der Waals surface area contributed by atoms with Crippen molar-refractivity contribution in [3.63, 3.8) is 0 Å². The van der Waals surface area contributed by atoms with E-state index in [1.54, 1.807) is 6.08 Å². The van der Waals surface area contributed by atoms with Crippen LogP contribution in [0.1, 0.15) is 181 Å². The summed E-state index contributed by atoms with van der Waals surface area (Å²) < 4.78 is 0. The van der Waals surface area contributed by atoms with Crippen molar-refractivity contribution in [3.05, 3.63) is 24.6 Å². The first-order chi connectivity index (χ1) is 22.7. The van der Waals surface area contributed by atoms with E-state index in [1.165, 1.54) is 154 Å². The molecule has 0 radical (unpaired) electrons. The highest BCUT2D eigenvalue weighted by atomic mass is 16.4. The first kappa shape index (κ1) is 47.3. The van der Waals surface area contributed by atoms with Gasteiger partial charge in [0.05, 0.1) is 12.2 Å². The quantitative estimate of drug-likeness (QED) is 0.0495. The van der Waals surface area contributed by atoms with Gasteiger partial charge in [-0.25, -0.2) is 0 Å². The second-order valence-electron chi connectivity index (χ2n) is 12.9. The summed E-state index contributed by atoms with van der Waals surface area (Å²) in [6.07, 6.45) is 32.5. The normalized spacial score (nSPS) is 14.1. The fourth-order valence-corrected chi connectivity index (χ4v) is 5.30. The molecule has 1 amide bonds. The number of amides is 1. The first-order valence-electron chi connectivity index (χ1n) is 19.1. The monoisotopic (exact) mass is 671 g/mol. The predicted molar refractivity (Wildman–Crippen MR) is 190 cm³/mol. The van der Waals surface area contributed by atoms with Gasteiger partial charge in [-0.1, -0.05) is 161 Å². The number of aliphatic hydroxyl groups excluding tert-OH is 4. The average Bonchev–Trinajstić information content (AvgIpc) is 3.07. The van der Waals surface area contributed by atoms with Crippen LogP contribution in [0.15, 0.2) is 24.6 Å². The zero-order valence-electron chi connectivity index (χ0n) is 30.2. The molecule has 0 unspecified atom stereocenters. The minimum absolute atomic E-state index is 0.752. The van der Waals surface area contributed by atoms with Gasteiger partial charge >= 0.3 is 0 Å². The highest BCUT2D eigenvalue weighted by Gasteiger charge is 2.34. The van der Waals surface area contributed by atoms with Crippen molar-refractivity contribution in [2.45, 2.75) is 205 Å². The van der Waals surface area contributed by atoms with Crippen LogP contribution in [0.3, 0.4) is 0 Å². The van der Waals surface area contributed by atoms with Crippen LogP contribution in [-0.2, 0) is 9.59 Å². The largest absolute Gasteiger partial charge is 0.547 e. The van der Waals surface area contributed by atoms with Crippen LogP contribution >= 0.6 is 0 Å². The number of nitrogens with one attached hydrogen (secondary N) is 1. The van der Waals surface area contributed by atoms with E-state index >= 15 is 0 Å². The molecule has 0 rings (SSSR count). The second kappa shape index (κ2) is 37.0. The van der Waals surface area contributed by atoms with Crippen molar-refractivity contribution in [2.24, 2.45) is 0 Å². The fraction of sp³-hybridized carbons (Fsp3) is 0.842. The van der Waals surface area contributed by atoms with Gasteiger partial charge in [-0.15, -0.1) is 0 Å². The highest BCUT2D eigenvalue weighted by Crippen LogP contribution is 2.14. The molecule has 0 spiro atoms. The summed E-state index contributed by atoms with van der Waals surface area (Å²) in [4.78, 5) is 22.1. The second-order valence-corrected chi connectivity index (χ2v) is 12.9. The van der Waals surface area contributed by atoms with Gasteiger partial charge in [0, 0.05) is 0 Å². The number of carboxylic acid groups (broad SMARTS) is 1. The van der Waals surface area contributed by atoms with Crippen LogP contribution in [0.4, 0.5) is 0 Å². The molecule has 0 fully saturated rings. The molecule has 9 nitrogen and oxygen atoms in total. The van der Waals surface area contributed by atoms with Crippen molar-refractivity contribution >= 4 is 11.9 Å². The number of aliphatic hydroxyl groups is 4. The fourth-order valence-electron chi connectivity index (χ4n) is 5.30. The van der Waals surface area contributed by atoms with Crippen molar-refractivity contribution < 1.29 is 40.9 Å². The van der Waals surface area contributed by atoms with Crippen LogP contribution in [0.2, 0.25) is 0 Å². The molecule has 0 aliphatic heterocycles. The van der Waals surface area contributed by atoms with Gasteiger partial charge in [0.15, 0.2) is 6.10 Å². The minimum Gasteiger partial charge on any atom is -0.547 e. The molecule has 0 aromatic heterocycles. The van der Waals surface area contributed by atoms with Crippen molar-refractivity contribution in [3.8, 4) is 0 Å². The van der Waals surface area contributed by atoms with Gasteiger partial charge in [0.1, 0.15) is 18.3 Å². The average molecular weight is 671 g/mol. The Morgan fingerprint density at radius 1 is 0.553 bits per heavy atom. The van der Waals surface area contributed by atoms with Crippen molar-refractivity contribution in [1.29, 1.82) is 0 Å². The Morgan fingerprint density at radius 2 is 0.872 bits per heavy atom. The van der Waals surface area contributed by atoms with Gasteiger partial charge < -0.3 is 41.4 Å². The van der Waals surface area contributed by atoms with Crippen LogP contribution in [0.5, 0.6) is 0 Å². The highest BCUT2D eigenvalue weighted by molar-refractivity contribution is 5.82. The third-order valence-corrected chi connectivity index (χ3v) is 8.47. The predicted octanol–water partition coefficient (Wildman–Crippen LogP) is 5.73. The summed E-state index contributed by atoms with van der Waals surface area (Å²) in [5.74, 6) is -3.03. The first-order valence-corrected chi connectivity index (χ1v) is 19.1. The van der Waals surface area contributed by atoms with E-state index < -0.39 is 36.3 Å². The van der Waals surface area contributed by atoms with Gasteiger partial charge in [0.25, 0.3) is 5.91 Å². The Labute approximate surface area is 287 Å². The van der Waals surface area contributed by atoms with Crippen molar-refractivity contribution in [2.75, 3.05) is 0 Å². The molecule has 0 aliphatic carbocycles. The number of carboxylic acids is 1. The van der Waals surface area contributed by atoms with Crippen LogP contribution in [-0.4, -0.2) is 56.7 Å². The van der Waals surface area contributed by atoms with E-state index in [1.807, 2.05) is 6.20 Å². The van der Waals surface area contributed by atoms with Gasteiger partial charge in [-0.2, -0.15) is 0 Å². The Hall–Kier alpha value is -1.78. The Bertz CT molecular complexity index is 748. The molecule has 0 aromatic rings. The van der Waals surface area contributed by atoms with E-state index in [-0.39, 0.29) is 0 Å².